The van der Waals surface area contributed by atoms with E-state index < -0.39 is 5.97 Å². The number of amides is 1. The van der Waals surface area contributed by atoms with Crippen LogP contribution >= 0.6 is 11.3 Å². The number of fused-ring (bicyclic) bond motifs is 1. The zero-order valence-electron chi connectivity index (χ0n) is 14.7. The summed E-state index contributed by atoms with van der Waals surface area (Å²) in [6, 6.07) is 8.47. The van der Waals surface area contributed by atoms with Crippen LogP contribution in [0.1, 0.15) is 23.2 Å². The summed E-state index contributed by atoms with van der Waals surface area (Å²) in [7, 11) is 0. The van der Waals surface area contributed by atoms with Crippen LogP contribution in [0.5, 0.6) is 0 Å². The maximum Gasteiger partial charge on any atom is 0.338 e. The molecule has 1 amide bonds. The van der Waals surface area contributed by atoms with Gasteiger partial charge in [0.05, 0.1) is 10.7 Å². The Balaban J connectivity index is 1.42. The Hall–Kier alpha value is -3.27. The fourth-order valence-electron chi connectivity index (χ4n) is 3.25. The van der Waals surface area contributed by atoms with Crippen LogP contribution in [-0.2, 0) is 4.79 Å². The van der Waals surface area contributed by atoms with Gasteiger partial charge in [-0.1, -0.05) is 12.1 Å². The Morgan fingerprint density at radius 3 is 2.75 bits per heavy atom. The van der Waals surface area contributed by atoms with Crippen LogP contribution in [0.15, 0.2) is 35.7 Å². The fourth-order valence-corrected chi connectivity index (χ4v) is 4.03. The number of nitrogens with zero attached hydrogens (tertiary/aromatic N) is 4. The van der Waals surface area contributed by atoms with E-state index in [-0.39, 0.29) is 17.4 Å². The van der Waals surface area contributed by atoms with Gasteiger partial charge in [-0.25, -0.2) is 9.78 Å². The number of aromatic nitrogens is 3. The monoisotopic (exact) mass is 399 g/mol. The number of thiophene rings is 1. The van der Waals surface area contributed by atoms with E-state index in [2.05, 4.69) is 15.4 Å². The summed E-state index contributed by atoms with van der Waals surface area (Å²) in [5.74, 6) is -1.15. The molecule has 4 rings (SSSR count). The third kappa shape index (κ3) is 3.46. The van der Waals surface area contributed by atoms with Crippen molar-refractivity contribution in [2.24, 2.45) is 5.92 Å². The predicted octanol–water partition coefficient (Wildman–Crippen LogP) is 1.88. The van der Waals surface area contributed by atoms with Crippen molar-refractivity contribution in [3.05, 3.63) is 46.5 Å². The molecule has 3 heterocycles. The molecule has 1 saturated heterocycles. The minimum absolute atomic E-state index is 0.0975. The number of hydrogen-bond acceptors (Lipinski definition) is 7. The molecule has 0 radical (unpaired) electrons. The Kier molecular flexibility index (Phi) is 4.78. The molecule has 2 aromatic heterocycles. The summed E-state index contributed by atoms with van der Waals surface area (Å²) in [5.41, 5.74) is 1.08. The van der Waals surface area contributed by atoms with Gasteiger partial charge in [0, 0.05) is 25.1 Å². The molecule has 2 N–H and O–H groups in total. The first-order valence-corrected chi connectivity index (χ1v) is 9.64. The Morgan fingerprint density at radius 1 is 1.25 bits per heavy atom. The molecule has 1 aliphatic heterocycles. The van der Waals surface area contributed by atoms with Gasteiger partial charge in [0.25, 0.3) is 11.5 Å². The van der Waals surface area contributed by atoms with Crippen LogP contribution in [0.2, 0.25) is 0 Å². The maximum absolute atomic E-state index is 12.5. The zero-order valence-corrected chi connectivity index (χ0v) is 15.6. The molecule has 1 aliphatic rings. The lowest BCUT2D eigenvalue weighted by molar-refractivity contribution is -0.641. The minimum atomic E-state index is -1.06. The van der Waals surface area contributed by atoms with Gasteiger partial charge in [0.2, 0.25) is 5.91 Å². The van der Waals surface area contributed by atoms with Crippen molar-refractivity contribution in [1.29, 1.82) is 0 Å². The lowest BCUT2D eigenvalue weighted by atomic mass is 9.96. The number of carbonyl (C=O) groups excluding carboxylic acids is 1. The van der Waals surface area contributed by atoms with E-state index in [0.29, 0.717) is 52.8 Å². The highest BCUT2D eigenvalue weighted by Crippen LogP contribution is 2.26. The minimum Gasteiger partial charge on any atom is -0.594 e. The van der Waals surface area contributed by atoms with E-state index in [1.165, 1.54) is 17.4 Å². The number of aromatic carboxylic acids is 1. The summed E-state index contributed by atoms with van der Waals surface area (Å²) in [4.78, 5) is 30.6. The fraction of sp³-hybridized carbons (Fsp3) is 0.278. The number of anilines is 2. The molecular weight excluding hydrogens is 382 g/mol. The third-order valence-electron chi connectivity index (χ3n) is 4.77. The Labute approximate surface area is 163 Å². The van der Waals surface area contributed by atoms with Crippen molar-refractivity contribution in [2.75, 3.05) is 23.3 Å². The molecule has 1 aromatic carbocycles. The van der Waals surface area contributed by atoms with E-state index in [1.54, 1.807) is 23.6 Å². The SMILES string of the molecule is O=C(O)c1ccsc1NC(=O)C1CCN(c2nc3ccccc3[n+]([O-])n2)CC1. The number of benzene rings is 1. The number of carbonyl (C=O) groups is 2. The molecule has 1 fully saturated rings. The van der Waals surface area contributed by atoms with Crippen molar-refractivity contribution in [2.45, 2.75) is 12.8 Å². The van der Waals surface area contributed by atoms with Gasteiger partial charge in [-0.15, -0.1) is 11.3 Å². The second-order valence-corrected chi connectivity index (χ2v) is 7.41. The molecule has 0 atom stereocenters. The van der Waals surface area contributed by atoms with Gasteiger partial charge in [0.15, 0.2) is 0 Å². The molecule has 0 unspecified atom stereocenters. The molecule has 28 heavy (non-hydrogen) atoms. The molecular formula is C18H17N5O4S. The van der Waals surface area contributed by atoms with Gasteiger partial charge in [-0.2, -0.15) is 0 Å². The number of rotatable bonds is 4. The second-order valence-electron chi connectivity index (χ2n) is 6.49. The molecule has 9 nitrogen and oxygen atoms in total. The van der Waals surface area contributed by atoms with Crippen molar-refractivity contribution in [1.82, 2.24) is 10.1 Å². The van der Waals surface area contributed by atoms with Crippen molar-refractivity contribution >= 4 is 45.2 Å². The number of para-hydroxylation sites is 2. The summed E-state index contributed by atoms with van der Waals surface area (Å²) in [6.07, 6.45) is 1.13. The lowest BCUT2D eigenvalue weighted by Gasteiger charge is -2.30. The van der Waals surface area contributed by atoms with E-state index in [0.717, 1.165) is 0 Å². The molecule has 0 spiro atoms. The average Bonchev–Trinajstić information content (AvgIpc) is 3.16. The van der Waals surface area contributed by atoms with E-state index >= 15 is 0 Å². The summed E-state index contributed by atoms with van der Waals surface area (Å²) < 4.78 is 0. The zero-order chi connectivity index (χ0) is 19.7. The van der Waals surface area contributed by atoms with E-state index in [9.17, 15) is 14.8 Å². The van der Waals surface area contributed by atoms with Gasteiger partial charge < -0.3 is 20.5 Å². The van der Waals surface area contributed by atoms with Crippen molar-refractivity contribution < 1.29 is 19.5 Å². The summed E-state index contributed by atoms with van der Waals surface area (Å²) in [6.45, 7) is 1.07. The van der Waals surface area contributed by atoms with Gasteiger partial charge >= 0.3 is 5.97 Å². The number of carboxylic acids is 1. The molecule has 0 saturated carbocycles. The number of hydrogen-bond donors (Lipinski definition) is 2. The Bertz CT molecular complexity index is 1050. The molecule has 3 aromatic rings. The number of nitrogens with one attached hydrogen (secondary N) is 1. The first-order chi connectivity index (χ1) is 13.5. The highest BCUT2D eigenvalue weighted by Gasteiger charge is 2.28. The van der Waals surface area contributed by atoms with Crippen LogP contribution < -0.4 is 15.1 Å². The quantitative estimate of drug-likeness (QED) is 0.507. The topological polar surface area (TPSA) is 122 Å². The van der Waals surface area contributed by atoms with Crippen LogP contribution in [0, 0.1) is 11.1 Å². The largest absolute Gasteiger partial charge is 0.594 e. The van der Waals surface area contributed by atoms with Crippen LogP contribution in [-0.4, -0.2) is 40.2 Å². The predicted molar refractivity (Wildman–Crippen MR) is 103 cm³/mol. The van der Waals surface area contributed by atoms with Crippen LogP contribution in [0.25, 0.3) is 11.0 Å². The molecule has 144 valence electrons. The lowest BCUT2D eigenvalue weighted by Crippen LogP contribution is -2.42. The van der Waals surface area contributed by atoms with Gasteiger partial charge in [-0.3, -0.25) is 4.79 Å². The van der Waals surface area contributed by atoms with Gasteiger partial charge in [0.1, 0.15) is 10.5 Å². The average molecular weight is 399 g/mol. The number of carboxylic acid groups (broad SMARTS) is 1. The van der Waals surface area contributed by atoms with Crippen molar-refractivity contribution in [3.8, 4) is 0 Å². The molecule has 10 heteroatoms. The smallest absolute Gasteiger partial charge is 0.338 e. The Morgan fingerprint density at radius 2 is 2.00 bits per heavy atom. The van der Waals surface area contributed by atoms with E-state index in [4.69, 9.17) is 5.11 Å². The number of piperidine rings is 1. The maximum atomic E-state index is 12.5. The standard InChI is InChI=1S/C18H17N5O4S/c24-15(20-16-12(17(25)26)7-10-28-16)11-5-8-22(9-6-11)18-19-13-3-1-2-4-14(13)23(27)21-18/h1-4,7,10-11H,5-6,8-9H2,(H,20,24)(H,25,26). The van der Waals surface area contributed by atoms with Crippen LogP contribution in [0.3, 0.4) is 0 Å². The van der Waals surface area contributed by atoms with Crippen molar-refractivity contribution in [3.63, 3.8) is 0 Å². The highest BCUT2D eigenvalue weighted by atomic mass is 32.1. The first kappa shape index (κ1) is 18.1. The van der Waals surface area contributed by atoms with Crippen LogP contribution in [0.4, 0.5) is 10.9 Å². The third-order valence-corrected chi connectivity index (χ3v) is 5.60. The highest BCUT2D eigenvalue weighted by molar-refractivity contribution is 7.14. The summed E-state index contributed by atoms with van der Waals surface area (Å²) in [5, 5.41) is 30.0. The molecule has 0 bridgehead atoms. The van der Waals surface area contributed by atoms with Gasteiger partial charge in [-0.05, 0) is 35.2 Å². The van der Waals surface area contributed by atoms with E-state index in [1.807, 2.05) is 11.0 Å². The normalized spacial score (nSPS) is 14.9. The first-order valence-electron chi connectivity index (χ1n) is 8.76. The molecule has 0 aliphatic carbocycles. The summed E-state index contributed by atoms with van der Waals surface area (Å²) >= 11 is 1.19. The second kappa shape index (κ2) is 7.39.